The fourth-order valence-corrected chi connectivity index (χ4v) is 4.19. The number of rotatable bonds is 7. The number of likely N-dealkylation sites (tertiary alicyclic amines) is 1. The average molecular weight is 494 g/mol. The second-order valence-electron chi connectivity index (χ2n) is 8.01. The number of amides is 3. The highest BCUT2D eigenvalue weighted by molar-refractivity contribution is 6.35. The van der Waals surface area contributed by atoms with Gasteiger partial charge in [-0.1, -0.05) is 30.1 Å². The van der Waals surface area contributed by atoms with Gasteiger partial charge in [-0.3, -0.25) is 14.4 Å². The summed E-state index contributed by atoms with van der Waals surface area (Å²) in [5.74, 6) is -1.29. The summed E-state index contributed by atoms with van der Waals surface area (Å²) < 4.78 is 13.1. The van der Waals surface area contributed by atoms with Gasteiger partial charge in [-0.05, 0) is 61.7 Å². The van der Waals surface area contributed by atoms with Crippen molar-refractivity contribution in [1.29, 1.82) is 0 Å². The summed E-state index contributed by atoms with van der Waals surface area (Å²) >= 11 is 12.1. The maximum Gasteiger partial charge on any atom is 0.253 e. The number of anilines is 1. The molecule has 0 atom stereocenters. The van der Waals surface area contributed by atoms with Gasteiger partial charge in [0.25, 0.3) is 5.91 Å². The van der Waals surface area contributed by atoms with Gasteiger partial charge in [0, 0.05) is 36.1 Å². The molecular weight excluding hydrogens is 468 g/mol. The van der Waals surface area contributed by atoms with E-state index < -0.39 is 5.82 Å². The number of hydrogen-bond donors (Lipinski definition) is 1. The lowest BCUT2D eigenvalue weighted by molar-refractivity contribution is -0.139. The Kier molecular flexibility index (Phi) is 8.69. The van der Waals surface area contributed by atoms with Crippen LogP contribution in [0.2, 0.25) is 10.0 Å². The SMILES string of the molecule is CCCN(CC(=O)Nc1cc(Cl)ccc1Cl)C(=O)C1CCN(C(=O)c2ccc(F)cc2)CC1. The van der Waals surface area contributed by atoms with Crippen LogP contribution in [0.4, 0.5) is 10.1 Å². The van der Waals surface area contributed by atoms with E-state index in [2.05, 4.69) is 5.32 Å². The number of piperidine rings is 1. The molecule has 1 heterocycles. The number of carbonyl (C=O) groups is 3. The summed E-state index contributed by atoms with van der Waals surface area (Å²) in [4.78, 5) is 41.6. The van der Waals surface area contributed by atoms with Crippen LogP contribution < -0.4 is 5.32 Å². The molecule has 0 unspecified atom stereocenters. The molecule has 1 aliphatic rings. The summed E-state index contributed by atoms with van der Waals surface area (Å²) in [6.07, 6.45) is 1.72. The van der Waals surface area contributed by atoms with E-state index in [0.717, 1.165) is 0 Å². The first-order chi connectivity index (χ1) is 15.8. The van der Waals surface area contributed by atoms with Crippen LogP contribution in [0.5, 0.6) is 0 Å². The van der Waals surface area contributed by atoms with Crippen molar-refractivity contribution in [2.75, 3.05) is 31.5 Å². The molecule has 0 spiro atoms. The normalized spacial score (nSPS) is 14.1. The summed E-state index contributed by atoms with van der Waals surface area (Å²) in [6.45, 7) is 3.15. The van der Waals surface area contributed by atoms with Crippen LogP contribution in [-0.2, 0) is 9.59 Å². The second-order valence-corrected chi connectivity index (χ2v) is 8.85. The summed E-state index contributed by atoms with van der Waals surface area (Å²) in [6, 6.07) is 10.2. The second kappa shape index (κ2) is 11.5. The van der Waals surface area contributed by atoms with Crippen LogP contribution >= 0.6 is 23.2 Å². The zero-order valence-electron chi connectivity index (χ0n) is 18.3. The minimum absolute atomic E-state index is 0.0930. The molecule has 9 heteroatoms. The van der Waals surface area contributed by atoms with Gasteiger partial charge in [-0.25, -0.2) is 4.39 Å². The number of nitrogens with one attached hydrogen (secondary N) is 1. The molecule has 0 aromatic heterocycles. The Balaban J connectivity index is 1.57. The molecule has 176 valence electrons. The molecule has 1 saturated heterocycles. The highest BCUT2D eigenvalue weighted by atomic mass is 35.5. The lowest BCUT2D eigenvalue weighted by Crippen LogP contribution is -2.46. The number of benzene rings is 2. The topological polar surface area (TPSA) is 69.7 Å². The monoisotopic (exact) mass is 493 g/mol. The van der Waals surface area contributed by atoms with Crippen molar-refractivity contribution in [3.05, 3.63) is 63.9 Å². The lowest BCUT2D eigenvalue weighted by Gasteiger charge is -2.34. The van der Waals surface area contributed by atoms with Crippen LogP contribution in [0.3, 0.4) is 0 Å². The summed E-state index contributed by atoms with van der Waals surface area (Å²) in [5, 5.41) is 3.52. The highest BCUT2D eigenvalue weighted by Crippen LogP contribution is 2.26. The third kappa shape index (κ3) is 6.68. The summed E-state index contributed by atoms with van der Waals surface area (Å²) in [7, 11) is 0. The van der Waals surface area contributed by atoms with Crippen molar-refractivity contribution in [1.82, 2.24) is 9.80 Å². The van der Waals surface area contributed by atoms with E-state index in [9.17, 15) is 18.8 Å². The predicted octanol–water partition coefficient (Wildman–Crippen LogP) is 4.86. The number of halogens is 3. The van der Waals surface area contributed by atoms with Gasteiger partial charge >= 0.3 is 0 Å². The average Bonchev–Trinajstić information content (AvgIpc) is 2.81. The van der Waals surface area contributed by atoms with E-state index in [0.29, 0.717) is 60.2 Å². The Morgan fingerprint density at radius 2 is 1.76 bits per heavy atom. The van der Waals surface area contributed by atoms with Crippen molar-refractivity contribution in [3.8, 4) is 0 Å². The Bertz CT molecular complexity index is 1010. The molecule has 1 N–H and O–H groups in total. The number of nitrogens with zero attached hydrogens (tertiary/aromatic N) is 2. The number of carbonyl (C=O) groups excluding carboxylic acids is 3. The third-order valence-corrected chi connectivity index (χ3v) is 6.13. The standard InChI is InChI=1S/C24H26Cl2FN3O3/c1-2-11-30(15-22(31)28-21-14-18(25)5-8-20(21)26)24(33)17-9-12-29(13-10-17)23(32)16-3-6-19(27)7-4-16/h3-8,14,17H,2,9-13,15H2,1H3,(H,28,31). The molecule has 6 nitrogen and oxygen atoms in total. The minimum atomic E-state index is -0.395. The molecule has 2 aromatic carbocycles. The zero-order valence-corrected chi connectivity index (χ0v) is 19.8. The largest absolute Gasteiger partial charge is 0.339 e. The van der Waals surface area contributed by atoms with Gasteiger partial charge in [-0.15, -0.1) is 0 Å². The van der Waals surface area contributed by atoms with Crippen LogP contribution in [-0.4, -0.2) is 53.7 Å². The van der Waals surface area contributed by atoms with Crippen molar-refractivity contribution >= 4 is 46.6 Å². The summed E-state index contributed by atoms with van der Waals surface area (Å²) in [5.41, 5.74) is 0.816. The van der Waals surface area contributed by atoms with Crippen LogP contribution in [0.1, 0.15) is 36.5 Å². The first-order valence-corrected chi connectivity index (χ1v) is 11.6. The molecule has 0 saturated carbocycles. The predicted molar refractivity (Wildman–Crippen MR) is 127 cm³/mol. The molecule has 3 rings (SSSR count). The Morgan fingerprint density at radius 3 is 2.39 bits per heavy atom. The Morgan fingerprint density at radius 1 is 1.09 bits per heavy atom. The maximum atomic E-state index is 13.1. The van der Waals surface area contributed by atoms with E-state index in [1.807, 2.05) is 6.92 Å². The van der Waals surface area contributed by atoms with E-state index in [-0.39, 0.29) is 30.2 Å². The van der Waals surface area contributed by atoms with E-state index >= 15 is 0 Å². The first kappa shape index (κ1) is 25.0. The van der Waals surface area contributed by atoms with Crippen molar-refractivity contribution in [2.24, 2.45) is 5.92 Å². The molecule has 0 bridgehead atoms. The van der Waals surface area contributed by atoms with E-state index in [1.54, 1.807) is 28.0 Å². The van der Waals surface area contributed by atoms with E-state index in [1.165, 1.54) is 24.3 Å². The molecule has 1 fully saturated rings. The van der Waals surface area contributed by atoms with Crippen LogP contribution in [0, 0.1) is 11.7 Å². The zero-order chi connectivity index (χ0) is 24.0. The van der Waals surface area contributed by atoms with Crippen molar-refractivity contribution in [2.45, 2.75) is 26.2 Å². The molecule has 0 radical (unpaired) electrons. The highest BCUT2D eigenvalue weighted by Gasteiger charge is 2.31. The van der Waals surface area contributed by atoms with Gasteiger partial charge in [0.2, 0.25) is 11.8 Å². The first-order valence-electron chi connectivity index (χ1n) is 10.9. The molecule has 1 aliphatic heterocycles. The quantitative estimate of drug-likeness (QED) is 0.598. The van der Waals surface area contributed by atoms with Crippen LogP contribution in [0.25, 0.3) is 0 Å². The fraction of sp³-hybridized carbons (Fsp3) is 0.375. The fourth-order valence-electron chi connectivity index (χ4n) is 3.86. The molecule has 0 aliphatic carbocycles. The third-order valence-electron chi connectivity index (χ3n) is 5.56. The number of hydrogen-bond acceptors (Lipinski definition) is 3. The smallest absolute Gasteiger partial charge is 0.253 e. The Labute approximate surface area is 202 Å². The molecule has 2 aromatic rings. The van der Waals surface area contributed by atoms with Crippen molar-refractivity contribution < 1.29 is 18.8 Å². The van der Waals surface area contributed by atoms with Gasteiger partial charge in [-0.2, -0.15) is 0 Å². The van der Waals surface area contributed by atoms with Gasteiger partial charge in [0.1, 0.15) is 5.82 Å². The van der Waals surface area contributed by atoms with E-state index in [4.69, 9.17) is 23.2 Å². The molecular formula is C24H26Cl2FN3O3. The van der Waals surface area contributed by atoms with Gasteiger partial charge in [0.15, 0.2) is 0 Å². The lowest BCUT2D eigenvalue weighted by atomic mass is 9.94. The van der Waals surface area contributed by atoms with Gasteiger partial charge in [0.05, 0.1) is 17.3 Å². The van der Waals surface area contributed by atoms with Crippen molar-refractivity contribution in [3.63, 3.8) is 0 Å². The van der Waals surface area contributed by atoms with Crippen LogP contribution in [0.15, 0.2) is 42.5 Å². The maximum absolute atomic E-state index is 13.1. The Hall–Kier alpha value is -2.64. The molecule has 3 amide bonds. The molecule has 33 heavy (non-hydrogen) atoms. The minimum Gasteiger partial charge on any atom is -0.339 e. The van der Waals surface area contributed by atoms with Gasteiger partial charge < -0.3 is 15.1 Å².